The molecule has 0 atom stereocenters. The Morgan fingerprint density at radius 3 is 1.93 bits per heavy atom. The van der Waals surface area contributed by atoms with E-state index in [0.29, 0.717) is 34.4 Å². The second-order valence-corrected chi connectivity index (χ2v) is 9.40. The van der Waals surface area contributed by atoms with Crippen molar-refractivity contribution in [3.8, 4) is 33.9 Å². The number of carbonyl (C=O) groups excluding carboxylic acids is 2. The number of benzene rings is 2. The second kappa shape index (κ2) is 14.9. The van der Waals surface area contributed by atoms with Crippen molar-refractivity contribution in [3.63, 3.8) is 0 Å². The van der Waals surface area contributed by atoms with Gasteiger partial charge in [-0.3, -0.25) is 4.98 Å². The van der Waals surface area contributed by atoms with Crippen molar-refractivity contribution in [1.29, 1.82) is 0 Å². The number of aryl methyl sites for hydroxylation is 1. The minimum absolute atomic E-state index is 0.0211. The van der Waals surface area contributed by atoms with Crippen molar-refractivity contribution in [3.05, 3.63) is 90.4 Å². The first kappa shape index (κ1) is 30.4. The van der Waals surface area contributed by atoms with Gasteiger partial charge in [0, 0.05) is 23.4 Å². The van der Waals surface area contributed by atoms with Gasteiger partial charge in [-0.2, -0.15) is 0 Å². The maximum Gasteiger partial charge on any atom is 0.341 e. The monoisotopic (exact) mass is 547 g/mol. The fourth-order valence-corrected chi connectivity index (χ4v) is 3.91. The van der Waals surface area contributed by atoms with Gasteiger partial charge in [-0.1, -0.05) is 64.0 Å². The maximum atomic E-state index is 14.8. The van der Waals surface area contributed by atoms with Crippen molar-refractivity contribution in [2.24, 2.45) is 0 Å². The van der Waals surface area contributed by atoms with Crippen LogP contribution in [0.4, 0.5) is 4.39 Å². The van der Waals surface area contributed by atoms with E-state index in [1.54, 1.807) is 18.3 Å². The molecule has 210 valence electrons. The van der Waals surface area contributed by atoms with Crippen LogP contribution in [0, 0.1) is 5.82 Å². The van der Waals surface area contributed by atoms with Gasteiger partial charge in [-0.05, 0) is 48.2 Å². The van der Waals surface area contributed by atoms with Crippen molar-refractivity contribution in [2.45, 2.75) is 45.4 Å². The number of hydrogen-bond acceptors (Lipinski definition) is 7. The first-order chi connectivity index (χ1) is 19.2. The van der Waals surface area contributed by atoms with E-state index in [-0.39, 0.29) is 28.5 Å². The summed E-state index contributed by atoms with van der Waals surface area (Å²) in [4.78, 5) is 28.8. The summed E-state index contributed by atoms with van der Waals surface area (Å²) in [6.45, 7) is 7.88. The van der Waals surface area contributed by atoms with E-state index < -0.39 is 25.2 Å². The van der Waals surface area contributed by atoms with Crippen molar-refractivity contribution >= 4 is 11.9 Å². The quantitative estimate of drug-likeness (QED) is 0.111. The van der Waals surface area contributed by atoms with Gasteiger partial charge in [0.25, 0.3) is 0 Å². The smallest absolute Gasteiger partial charge is 0.341 e. The number of ether oxygens (including phenoxy) is 2. The SMILES string of the molecule is C=C(CO)C(=O)Oc1cc(OC(=O)C(=C)CO)cc(-c2ccc(-c3ccc(CCCCCCC)c(F)c3)cn2)c1. The molecule has 0 aliphatic carbocycles. The average Bonchev–Trinajstić information content (AvgIpc) is 2.96. The molecule has 0 spiro atoms. The summed E-state index contributed by atoms with van der Waals surface area (Å²) >= 11 is 0. The number of carbonyl (C=O) groups is 2. The summed E-state index contributed by atoms with van der Waals surface area (Å²) in [6, 6.07) is 13.0. The summed E-state index contributed by atoms with van der Waals surface area (Å²) in [5, 5.41) is 18.3. The molecule has 0 amide bonds. The molecule has 3 rings (SSSR count). The molecular weight excluding hydrogens is 513 g/mol. The zero-order chi connectivity index (χ0) is 29.1. The molecule has 0 saturated heterocycles. The van der Waals surface area contributed by atoms with E-state index in [4.69, 9.17) is 19.7 Å². The molecule has 8 heteroatoms. The number of pyridine rings is 1. The molecule has 0 aliphatic rings. The average molecular weight is 548 g/mol. The number of rotatable bonds is 14. The van der Waals surface area contributed by atoms with E-state index in [0.717, 1.165) is 12.8 Å². The Morgan fingerprint density at radius 1 is 0.800 bits per heavy atom. The standard InChI is InChI=1S/C32H34FNO6/c1-4-5-6-7-8-9-23-10-11-24(16-29(23)33)25-12-13-30(34-18-25)26-14-27(39-31(37)21(2)19-35)17-28(15-26)40-32(38)22(3)20-36/h10-18,35-36H,2-9,19-20H2,1H3. The van der Waals surface area contributed by atoms with Crippen LogP contribution in [0.5, 0.6) is 11.5 Å². The third-order valence-electron chi connectivity index (χ3n) is 6.26. The molecule has 7 nitrogen and oxygen atoms in total. The molecule has 3 aromatic rings. The lowest BCUT2D eigenvalue weighted by molar-refractivity contribution is -0.131. The predicted octanol–water partition coefficient (Wildman–Crippen LogP) is 5.98. The predicted molar refractivity (Wildman–Crippen MR) is 151 cm³/mol. The van der Waals surface area contributed by atoms with Gasteiger partial charge in [0.2, 0.25) is 0 Å². The van der Waals surface area contributed by atoms with Crippen molar-refractivity contribution in [1.82, 2.24) is 4.98 Å². The van der Waals surface area contributed by atoms with Crippen LogP contribution in [0.2, 0.25) is 0 Å². The summed E-state index contributed by atoms with van der Waals surface area (Å²) in [6.07, 6.45) is 7.89. The molecule has 1 heterocycles. The number of aromatic nitrogens is 1. The van der Waals surface area contributed by atoms with Gasteiger partial charge >= 0.3 is 11.9 Å². The topological polar surface area (TPSA) is 106 Å². The zero-order valence-corrected chi connectivity index (χ0v) is 22.6. The first-order valence-electron chi connectivity index (χ1n) is 13.2. The number of hydrogen-bond donors (Lipinski definition) is 2. The van der Waals surface area contributed by atoms with Gasteiger partial charge in [0.15, 0.2) is 0 Å². The van der Waals surface area contributed by atoms with Crippen molar-refractivity contribution in [2.75, 3.05) is 13.2 Å². The second-order valence-electron chi connectivity index (χ2n) is 9.40. The normalized spacial score (nSPS) is 10.7. The fraction of sp³-hybridized carbons (Fsp3) is 0.281. The van der Waals surface area contributed by atoms with Crippen LogP contribution >= 0.6 is 0 Å². The van der Waals surface area contributed by atoms with Gasteiger partial charge < -0.3 is 19.7 Å². The van der Waals surface area contributed by atoms with Crippen LogP contribution in [0.1, 0.15) is 44.6 Å². The minimum atomic E-state index is -0.855. The van der Waals surface area contributed by atoms with Crippen LogP contribution in [0.25, 0.3) is 22.4 Å². The maximum absolute atomic E-state index is 14.8. The zero-order valence-electron chi connectivity index (χ0n) is 22.6. The Hall–Kier alpha value is -4.14. The van der Waals surface area contributed by atoms with Crippen LogP contribution in [0.3, 0.4) is 0 Å². The fourth-order valence-electron chi connectivity index (χ4n) is 3.91. The Bertz CT molecular complexity index is 1320. The Morgan fingerprint density at radius 2 is 1.40 bits per heavy atom. The van der Waals surface area contributed by atoms with Gasteiger partial charge in [-0.15, -0.1) is 0 Å². The van der Waals surface area contributed by atoms with E-state index in [1.807, 2.05) is 12.1 Å². The molecule has 0 bridgehead atoms. The van der Waals surface area contributed by atoms with Gasteiger partial charge in [0.05, 0.1) is 30.1 Å². The molecule has 0 radical (unpaired) electrons. The highest BCUT2D eigenvalue weighted by atomic mass is 19.1. The number of unbranched alkanes of at least 4 members (excludes halogenated alkanes) is 4. The summed E-state index contributed by atoms with van der Waals surface area (Å²) in [5.41, 5.74) is 2.70. The molecule has 0 fully saturated rings. The Labute approximate surface area is 233 Å². The van der Waals surface area contributed by atoms with Crippen LogP contribution in [-0.2, 0) is 16.0 Å². The van der Waals surface area contributed by atoms with E-state index in [1.165, 1.54) is 43.5 Å². The van der Waals surface area contributed by atoms with Crippen LogP contribution < -0.4 is 9.47 Å². The largest absolute Gasteiger partial charge is 0.423 e. The lowest BCUT2D eigenvalue weighted by Crippen LogP contribution is -2.14. The lowest BCUT2D eigenvalue weighted by Gasteiger charge is -2.12. The van der Waals surface area contributed by atoms with Crippen molar-refractivity contribution < 1.29 is 33.7 Å². The molecule has 0 saturated carbocycles. The molecule has 2 N–H and O–H groups in total. The van der Waals surface area contributed by atoms with Gasteiger partial charge in [0.1, 0.15) is 17.3 Å². The highest BCUT2D eigenvalue weighted by Gasteiger charge is 2.16. The number of esters is 2. The molecule has 1 aromatic heterocycles. The number of halogens is 1. The Kier molecular flexibility index (Phi) is 11.3. The molecule has 0 unspecified atom stereocenters. The third-order valence-corrected chi connectivity index (χ3v) is 6.26. The van der Waals surface area contributed by atoms with E-state index >= 15 is 0 Å². The van der Waals surface area contributed by atoms with Crippen LogP contribution in [0.15, 0.2) is 79.0 Å². The lowest BCUT2D eigenvalue weighted by atomic mass is 10.0. The Balaban J connectivity index is 1.83. The highest BCUT2D eigenvalue weighted by molar-refractivity contribution is 5.91. The summed E-state index contributed by atoms with van der Waals surface area (Å²) in [7, 11) is 0. The third kappa shape index (κ3) is 8.43. The van der Waals surface area contributed by atoms with E-state index in [9.17, 15) is 14.0 Å². The molecule has 40 heavy (non-hydrogen) atoms. The minimum Gasteiger partial charge on any atom is -0.423 e. The summed E-state index contributed by atoms with van der Waals surface area (Å²) in [5.74, 6) is -1.91. The molecule has 2 aromatic carbocycles. The first-order valence-corrected chi connectivity index (χ1v) is 13.2. The number of aliphatic hydroxyl groups excluding tert-OH is 2. The molecular formula is C32H34FNO6. The number of nitrogens with zero attached hydrogens (tertiary/aromatic N) is 1. The molecule has 0 aliphatic heterocycles. The van der Waals surface area contributed by atoms with Gasteiger partial charge in [-0.25, -0.2) is 14.0 Å². The van der Waals surface area contributed by atoms with E-state index in [2.05, 4.69) is 25.1 Å². The number of aliphatic hydroxyl groups is 2. The summed E-state index contributed by atoms with van der Waals surface area (Å²) < 4.78 is 25.3. The van der Waals surface area contributed by atoms with Crippen LogP contribution in [-0.4, -0.2) is 40.3 Å². The highest BCUT2D eigenvalue weighted by Crippen LogP contribution is 2.31.